The Kier molecular flexibility index (Phi) is 5.11. The van der Waals surface area contributed by atoms with Crippen molar-refractivity contribution in [3.8, 4) is 11.1 Å². The molecule has 4 heteroatoms. The van der Waals surface area contributed by atoms with Crippen molar-refractivity contribution in [2.75, 3.05) is 6.54 Å². The molecule has 0 saturated carbocycles. The van der Waals surface area contributed by atoms with Crippen LogP contribution in [0.4, 0.5) is 0 Å². The van der Waals surface area contributed by atoms with E-state index in [1.165, 1.54) is 28.7 Å². The van der Waals surface area contributed by atoms with E-state index in [0.29, 0.717) is 12.1 Å². The summed E-state index contributed by atoms with van der Waals surface area (Å²) in [4.78, 5) is 4.14. The summed E-state index contributed by atoms with van der Waals surface area (Å²) >= 11 is 0. The number of hydrogen-bond acceptors (Lipinski definition) is 4. The normalized spacial score (nSPS) is 19.4. The third-order valence-corrected chi connectivity index (χ3v) is 5.81. The molecule has 2 atom stereocenters. The Morgan fingerprint density at radius 3 is 2.72 bits per heavy atom. The average molecular weight is 383 g/mol. The number of hydrogen-bond donors (Lipinski definition) is 2. The molecule has 2 aromatic carbocycles. The molecule has 0 bridgehead atoms. The molecule has 1 saturated heterocycles. The Labute approximate surface area is 171 Å². The number of rotatable bonds is 5. The molecule has 29 heavy (non-hydrogen) atoms. The SMILES string of the molecule is c1ccc(C2NCCCC2NCc2cc(-c3ccncc3)cc3ccoc23)cc1. The first-order valence-electron chi connectivity index (χ1n) is 10.3. The zero-order chi connectivity index (χ0) is 19.5. The minimum atomic E-state index is 0.334. The molecule has 1 aliphatic heterocycles. The van der Waals surface area contributed by atoms with Crippen LogP contribution in [0.1, 0.15) is 30.0 Å². The molecule has 2 aromatic heterocycles. The van der Waals surface area contributed by atoms with Gasteiger partial charge in [0.25, 0.3) is 0 Å². The summed E-state index contributed by atoms with van der Waals surface area (Å²) < 4.78 is 5.82. The van der Waals surface area contributed by atoms with Crippen LogP contribution >= 0.6 is 0 Å². The smallest absolute Gasteiger partial charge is 0.138 e. The minimum Gasteiger partial charge on any atom is -0.464 e. The highest BCUT2D eigenvalue weighted by molar-refractivity contribution is 5.86. The summed E-state index contributed by atoms with van der Waals surface area (Å²) in [6.07, 6.45) is 7.81. The van der Waals surface area contributed by atoms with Gasteiger partial charge in [0.2, 0.25) is 0 Å². The van der Waals surface area contributed by atoms with E-state index in [1.807, 2.05) is 18.5 Å². The fraction of sp³-hybridized carbons (Fsp3) is 0.240. The van der Waals surface area contributed by atoms with Crippen LogP contribution in [0, 0.1) is 0 Å². The molecule has 4 aromatic rings. The van der Waals surface area contributed by atoms with Gasteiger partial charge in [-0.1, -0.05) is 30.3 Å². The van der Waals surface area contributed by atoms with E-state index in [2.05, 4.69) is 70.2 Å². The quantitative estimate of drug-likeness (QED) is 0.505. The van der Waals surface area contributed by atoms with E-state index < -0.39 is 0 Å². The van der Waals surface area contributed by atoms with Gasteiger partial charge >= 0.3 is 0 Å². The molecule has 2 unspecified atom stereocenters. The Balaban J connectivity index is 1.42. The molecule has 4 nitrogen and oxygen atoms in total. The number of nitrogens with zero attached hydrogens (tertiary/aromatic N) is 1. The molecule has 1 aliphatic rings. The lowest BCUT2D eigenvalue weighted by Crippen LogP contribution is -2.45. The Morgan fingerprint density at radius 2 is 1.86 bits per heavy atom. The highest BCUT2D eigenvalue weighted by Crippen LogP contribution is 2.29. The third kappa shape index (κ3) is 3.82. The molecule has 3 heterocycles. The summed E-state index contributed by atoms with van der Waals surface area (Å²) in [7, 11) is 0. The third-order valence-electron chi connectivity index (χ3n) is 5.81. The topological polar surface area (TPSA) is 50.1 Å². The zero-order valence-corrected chi connectivity index (χ0v) is 16.3. The van der Waals surface area contributed by atoms with Crippen LogP contribution in [0.25, 0.3) is 22.1 Å². The molecular formula is C25H25N3O. The predicted octanol–water partition coefficient (Wildman–Crippen LogP) is 5.08. The lowest BCUT2D eigenvalue weighted by atomic mass is 9.92. The van der Waals surface area contributed by atoms with Crippen molar-refractivity contribution in [1.82, 2.24) is 15.6 Å². The lowest BCUT2D eigenvalue weighted by Gasteiger charge is -2.34. The molecule has 0 spiro atoms. The predicted molar refractivity (Wildman–Crippen MR) is 116 cm³/mol. The standard InChI is InChI=1S/C25H25N3O/c1-2-5-19(6-3-1)24-23(7-4-11-27-24)28-17-22-16-21(18-8-12-26-13-9-18)15-20-10-14-29-25(20)22/h1-3,5-6,8-10,12-16,23-24,27-28H,4,7,11,17H2. The van der Waals surface area contributed by atoms with Gasteiger partial charge in [-0.3, -0.25) is 4.98 Å². The van der Waals surface area contributed by atoms with Crippen LogP contribution in [-0.2, 0) is 6.54 Å². The molecule has 0 amide bonds. The Hall–Kier alpha value is -2.95. The van der Waals surface area contributed by atoms with Gasteiger partial charge in [-0.2, -0.15) is 0 Å². The molecule has 0 aliphatic carbocycles. The number of aromatic nitrogens is 1. The summed E-state index contributed by atoms with van der Waals surface area (Å²) in [5, 5.41) is 8.65. The van der Waals surface area contributed by atoms with E-state index in [0.717, 1.165) is 30.5 Å². The average Bonchev–Trinajstić information content (AvgIpc) is 3.28. The monoisotopic (exact) mass is 383 g/mol. The van der Waals surface area contributed by atoms with E-state index in [9.17, 15) is 0 Å². The van der Waals surface area contributed by atoms with Crippen molar-refractivity contribution in [3.63, 3.8) is 0 Å². The van der Waals surface area contributed by atoms with Crippen molar-refractivity contribution in [2.24, 2.45) is 0 Å². The molecule has 2 N–H and O–H groups in total. The van der Waals surface area contributed by atoms with Crippen LogP contribution in [-0.4, -0.2) is 17.6 Å². The van der Waals surface area contributed by atoms with Crippen molar-refractivity contribution in [2.45, 2.75) is 31.5 Å². The summed E-state index contributed by atoms with van der Waals surface area (Å²) in [5.74, 6) is 0. The summed E-state index contributed by atoms with van der Waals surface area (Å²) in [6.45, 7) is 1.84. The first-order chi connectivity index (χ1) is 14.4. The maximum absolute atomic E-state index is 5.82. The van der Waals surface area contributed by atoms with Gasteiger partial charge in [-0.25, -0.2) is 0 Å². The largest absolute Gasteiger partial charge is 0.464 e. The van der Waals surface area contributed by atoms with E-state index >= 15 is 0 Å². The maximum Gasteiger partial charge on any atom is 0.138 e. The van der Waals surface area contributed by atoms with Gasteiger partial charge in [0.05, 0.1) is 6.26 Å². The highest BCUT2D eigenvalue weighted by atomic mass is 16.3. The van der Waals surface area contributed by atoms with Gasteiger partial charge in [-0.05, 0) is 66.4 Å². The summed E-state index contributed by atoms with van der Waals surface area (Å²) in [5.41, 5.74) is 5.87. The van der Waals surface area contributed by atoms with Gasteiger partial charge in [0, 0.05) is 42.0 Å². The number of furan rings is 1. The van der Waals surface area contributed by atoms with E-state index in [-0.39, 0.29) is 0 Å². The van der Waals surface area contributed by atoms with Crippen LogP contribution in [0.15, 0.2) is 83.7 Å². The van der Waals surface area contributed by atoms with Crippen LogP contribution in [0.5, 0.6) is 0 Å². The Morgan fingerprint density at radius 1 is 1.00 bits per heavy atom. The molecule has 146 valence electrons. The van der Waals surface area contributed by atoms with Crippen molar-refractivity contribution in [1.29, 1.82) is 0 Å². The lowest BCUT2D eigenvalue weighted by molar-refractivity contribution is 0.304. The number of fused-ring (bicyclic) bond motifs is 1. The highest BCUT2D eigenvalue weighted by Gasteiger charge is 2.25. The Bertz CT molecular complexity index is 1080. The van der Waals surface area contributed by atoms with Crippen LogP contribution < -0.4 is 10.6 Å². The zero-order valence-electron chi connectivity index (χ0n) is 16.3. The van der Waals surface area contributed by atoms with Gasteiger partial charge in [-0.15, -0.1) is 0 Å². The first kappa shape index (κ1) is 18.1. The van der Waals surface area contributed by atoms with E-state index in [1.54, 1.807) is 6.26 Å². The summed E-state index contributed by atoms with van der Waals surface area (Å²) in [6, 6.07) is 22.0. The van der Waals surface area contributed by atoms with Crippen molar-refractivity contribution >= 4 is 11.0 Å². The van der Waals surface area contributed by atoms with Crippen molar-refractivity contribution in [3.05, 3.63) is 90.4 Å². The first-order valence-corrected chi connectivity index (χ1v) is 10.3. The number of piperidine rings is 1. The fourth-order valence-electron chi connectivity index (χ4n) is 4.36. The second kappa shape index (κ2) is 8.19. The second-order valence-electron chi connectivity index (χ2n) is 7.68. The van der Waals surface area contributed by atoms with Gasteiger partial charge in [0.1, 0.15) is 5.58 Å². The second-order valence-corrected chi connectivity index (χ2v) is 7.68. The molecule has 0 radical (unpaired) electrons. The minimum absolute atomic E-state index is 0.334. The van der Waals surface area contributed by atoms with Crippen molar-refractivity contribution < 1.29 is 4.42 Å². The van der Waals surface area contributed by atoms with E-state index in [4.69, 9.17) is 4.42 Å². The molecule has 1 fully saturated rings. The van der Waals surface area contributed by atoms with Crippen LogP contribution in [0.3, 0.4) is 0 Å². The number of benzene rings is 2. The molecule has 5 rings (SSSR count). The van der Waals surface area contributed by atoms with Crippen LogP contribution in [0.2, 0.25) is 0 Å². The number of nitrogens with one attached hydrogen (secondary N) is 2. The maximum atomic E-state index is 5.82. The fourth-order valence-corrected chi connectivity index (χ4v) is 4.36. The number of pyridine rings is 1. The van der Waals surface area contributed by atoms with Gasteiger partial charge in [0.15, 0.2) is 0 Å². The molecular weight excluding hydrogens is 358 g/mol. The van der Waals surface area contributed by atoms with Gasteiger partial charge < -0.3 is 15.1 Å².